The van der Waals surface area contributed by atoms with Crippen molar-refractivity contribution in [2.45, 2.75) is 31.4 Å². The monoisotopic (exact) mass is 258 g/mol. The van der Waals surface area contributed by atoms with Gasteiger partial charge in [-0.1, -0.05) is 6.07 Å². The maximum atomic E-state index is 9.01. The number of aliphatic hydroxyl groups is 1. The summed E-state index contributed by atoms with van der Waals surface area (Å²) in [7, 11) is 0. The number of nitrogens with zero attached hydrogens (tertiary/aromatic N) is 1. The number of hydrogen-bond acceptors (Lipinski definition) is 3. The van der Waals surface area contributed by atoms with Gasteiger partial charge in [-0.25, -0.2) is 4.85 Å². The smallest absolute Gasteiger partial charge is 0.187 e. The van der Waals surface area contributed by atoms with Crippen molar-refractivity contribution in [3.63, 3.8) is 0 Å². The first-order valence-corrected chi connectivity index (χ1v) is 6.84. The van der Waals surface area contributed by atoms with Gasteiger partial charge in [0.15, 0.2) is 5.69 Å². The molecule has 0 radical (unpaired) electrons. The normalized spacial score (nSPS) is 28.1. The highest BCUT2D eigenvalue weighted by Crippen LogP contribution is 2.46. The van der Waals surface area contributed by atoms with Crippen molar-refractivity contribution in [2.75, 3.05) is 18.5 Å². The molecule has 2 heterocycles. The Morgan fingerprint density at radius 2 is 2.37 bits per heavy atom. The Morgan fingerprint density at radius 1 is 1.47 bits per heavy atom. The van der Waals surface area contributed by atoms with Crippen molar-refractivity contribution in [2.24, 2.45) is 5.92 Å². The lowest BCUT2D eigenvalue weighted by Crippen LogP contribution is -2.36. The minimum atomic E-state index is 0.113. The molecule has 1 aromatic rings. The third kappa shape index (κ3) is 2.20. The summed E-state index contributed by atoms with van der Waals surface area (Å²) < 4.78 is 5.89. The first kappa shape index (κ1) is 12.5. The molecule has 100 valence electrons. The van der Waals surface area contributed by atoms with Crippen molar-refractivity contribution < 1.29 is 9.84 Å². The van der Waals surface area contributed by atoms with Gasteiger partial charge >= 0.3 is 0 Å². The number of hydrogen-bond donors (Lipinski definition) is 2. The molecule has 0 aromatic heterocycles. The van der Waals surface area contributed by atoms with Gasteiger partial charge in [-0.15, -0.1) is 0 Å². The van der Waals surface area contributed by atoms with E-state index in [1.807, 2.05) is 18.2 Å². The van der Waals surface area contributed by atoms with E-state index in [1.54, 1.807) is 0 Å². The highest BCUT2D eigenvalue weighted by atomic mass is 16.5. The fourth-order valence-electron chi connectivity index (χ4n) is 3.23. The van der Waals surface area contributed by atoms with Crippen LogP contribution in [0.1, 0.15) is 30.9 Å². The van der Waals surface area contributed by atoms with Crippen LogP contribution in [0.25, 0.3) is 4.85 Å². The SMILES string of the molecule is [C-]#[N+]c1ccc2c(c1)C1OCCC1C(CCCO)N2. The summed E-state index contributed by atoms with van der Waals surface area (Å²) in [5, 5.41) is 12.6. The van der Waals surface area contributed by atoms with E-state index in [9.17, 15) is 0 Å². The van der Waals surface area contributed by atoms with Crippen LogP contribution in [0.4, 0.5) is 11.4 Å². The van der Waals surface area contributed by atoms with E-state index in [1.165, 1.54) is 0 Å². The molecule has 2 aliphatic heterocycles. The summed E-state index contributed by atoms with van der Waals surface area (Å²) in [6, 6.07) is 6.13. The number of ether oxygens (including phenoxy) is 1. The Morgan fingerprint density at radius 3 is 3.16 bits per heavy atom. The summed E-state index contributed by atoms with van der Waals surface area (Å²) in [6.07, 6.45) is 2.94. The first-order chi connectivity index (χ1) is 9.33. The number of nitrogens with one attached hydrogen (secondary N) is 1. The topological polar surface area (TPSA) is 45.9 Å². The van der Waals surface area contributed by atoms with Gasteiger partial charge in [-0.2, -0.15) is 0 Å². The van der Waals surface area contributed by atoms with E-state index in [0.29, 0.717) is 17.6 Å². The molecule has 1 aromatic carbocycles. The number of benzene rings is 1. The van der Waals surface area contributed by atoms with Crippen molar-refractivity contribution in [3.05, 3.63) is 35.2 Å². The van der Waals surface area contributed by atoms with Crippen LogP contribution in [0.3, 0.4) is 0 Å². The predicted octanol–water partition coefficient (Wildman–Crippen LogP) is 2.88. The second-order valence-corrected chi connectivity index (χ2v) is 5.24. The van der Waals surface area contributed by atoms with Gasteiger partial charge < -0.3 is 15.2 Å². The van der Waals surface area contributed by atoms with Gasteiger partial charge in [0.25, 0.3) is 0 Å². The number of anilines is 1. The molecule has 2 aliphatic rings. The molecule has 4 nitrogen and oxygen atoms in total. The quantitative estimate of drug-likeness (QED) is 0.819. The third-order valence-electron chi connectivity index (χ3n) is 4.14. The molecular weight excluding hydrogens is 240 g/mol. The van der Waals surface area contributed by atoms with E-state index in [4.69, 9.17) is 16.4 Å². The molecule has 0 aliphatic carbocycles. The van der Waals surface area contributed by atoms with Crippen molar-refractivity contribution in [1.82, 2.24) is 0 Å². The summed E-state index contributed by atoms with van der Waals surface area (Å²) in [5.74, 6) is 0.458. The molecule has 0 spiro atoms. The molecule has 0 bridgehead atoms. The van der Waals surface area contributed by atoms with Crippen LogP contribution >= 0.6 is 0 Å². The fourth-order valence-corrected chi connectivity index (χ4v) is 3.23. The molecule has 4 heteroatoms. The molecule has 3 atom stereocenters. The largest absolute Gasteiger partial charge is 0.396 e. The van der Waals surface area contributed by atoms with E-state index in [0.717, 1.165) is 37.1 Å². The predicted molar refractivity (Wildman–Crippen MR) is 73.2 cm³/mol. The van der Waals surface area contributed by atoms with Crippen molar-refractivity contribution in [1.29, 1.82) is 0 Å². The van der Waals surface area contributed by atoms with Gasteiger partial charge in [0.05, 0.1) is 12.7 Å². The Balaban J connectivity index is 1.92. The van der Waals surface area contributed by atoms with Crippen molar-refractivity contribution in [3.8, 4) is 0 Å². The summed E-state index contributed by atoms with van der Waals surface area (Å²) in [6.45, 7) is 8.14. The molecule has 1 saturated heterocycles. The van der Waals surface area contributed by atoms with Gasteiger partial charge in [-0.3, -0.25) is 0 Å². The molecule has 0 amide bonds. The zero-order chi connectivity index (χ0) is 13.2. The van der Waals surface area contributed by atoms with E-state index < -0.39 is 0 Å². The van der Waals surface area contributed by atoms with Gasteiger partial charge in [0, 0.05) is 30.9 Å². The number of rotatable bonds is 3. The zero-order valence-electron chi connectivity index (χ0n) is 10.8. The summed E-state index contributed by atoms with van der Waals surface area (Å²) >= 11 is 0. The van der Waals surface area contributed by atoms with E-state index in [-0.39, 0.29) is 12.7 Å². The Hall–Kier alpha value is -1.57. The average molecular weight is 258 g/mol. The molecular formula is C15H18N2O2. The van der Waals surface area contributed by atoms with Crippen LogP contribution < -0.4 is 5.32 Å². The fraction of sp³-hybridized carbons (Fsp3) is 0.533. The van der Waals surface area contributed by atoms with Crippen LogP contribution in [0.15, 0.2) is 18.2 Å². The first-order valence-electron chi connectivity index (χ1n) is 6.84. The lowest BCUT2D eigenvalue weighted by Gasteiger charge is -2.36. The minimum Gasteiger partial charge on any atom is -0.396 e. The number of fused-ring (bicyclic) bond motifs is 3. The average Bonchev–Trinajstić information content (AvgIpc) is 2.94. The van der Waals surface area contributed by atoms with Crippen LogP contribution in [-0.4, -0.2) is 24.4 Å². The lowest BCUT2D eigenvalue weighted by molar-refractivity contribution is 0.0814. The Bertz CT molecular complexity index is 509. The molecule has 19 heavy (non-hydrogen) atoms. The molecule has 1 fully saturated rings. The van der Waals surface area contributed by atoms with E-state index >= 15 is 0 Å². The van der Waals surface area contributed by atoms with Gasteiger partial charge in [0.2, 0.25) is 0 Å². The molecule has 3 rings (SSSR count). The van der Waals surface area contributed by atoms with Crippen LogP contribution in [0.5, 0.6) is 0 Å². The van der Waals surface area contributed by atoms with E-state index in [2.05, 4.69) is 10.2 Å². The van der Waals surface area contributed by atoms with Gasteiger partial charge in [0.1, 0.15) is 0 Å². The Labute approximate surface area is 113 Å². The van der Waals surface area contributed by atoms with Crippen LogP contribution in [0, 0.1) is 12.5 Å². The minimum absolute atomic E-state index is 0.113. The standard InChI is InChI=1S/C15H18N2O2/c1-16-10-4-5-14-12(9-10)15-11(6-8-19-15)13(17-14)3-2-7-18/h4-5,9,11,13,15,17-18H,2-3,6-8H2. The lowest BCUT2D eigenvalue weighted by atomic mass is 9.82. The van der Waals surface area contributed by atoms with Crippen LogP contribution in [0.2, 0.25) is 0 Å². The Kier molecular flexibility index (Phi) is 3.41. The maximum Gasteiger partial charge on any atom is 0.187 e. The second-order valence-electron chi connectivity index (χ2n) is 5.24. The molecule has 2 N–H and O–H groups in total. The van der Waals surface area contributed by atoms with Crippen molar-refractivity contribution >= 4 is 11.4 Å². The number of aliphatic hydroxyl groups excluding tert-OH is 1. The van der Waals surface area contributed by atoms with Crippen LogP contribution in [-0.2, 0) is 4.74 Å². The molecule has 0 saturated carbocycles. The zero-order valence-corrected chi connectivity index (χ0v) is 10.8. The second kappa shape index (κ2) is 5.20. The molecule has 3 unspecified atom stereocenters. The summed E-state index contributed by atoms with van der Waals surface area (Å²) in [5.41, 5.74) is 2.87. The highest BCUT2D eigenvalue weighted by Gasteiger charge is 2.40. The maximum absolute atomic E-state index is 9.01. The highest BCUT2D eigenvalue weighted by molar-refractivity contribution is 5.63. The van der Waals surface area contributed by atoms with Gasteiger partial charge in [-0.05, 0) is 37.0 Å². The summed E-state index contributed by atoms with van der Waals surface area (Å²) in [4.78, 5) is 3.50. The third-order valence-corrected chi connectivity index (χ3v) is 4.14.